The Bertz CT molecular complexity index is 955. The number of hydrogen-bond donors (Lipinski definition) is 1. The number of benzene rings is 2. The lowest BCUT2D eigenvalue weighted by atomic mass is 10.2. The number of aromatic nitrogens is 1. The van der Waals surface area contributed by atoms with Crippen LogP contribution in [0.2, 0.25) is 0 Å². The number of amides is 1. The third kappa shape index (κ3) is 4.26. The van der Waals surface area contributed by atoms with Gasteiger partial charge in [-0.3, -0.25) is 4.79 Å². The maximum atomic E-state index is 12.3. The van der Waals surface area contributed by atoms with Crippen LogP contribution in [0.5, 0.6) is 17.2 Å². The van der Waals surface area contributed by atoms with Crippen LogP contribution in [0, 0.1) is 0 Å². The molecule has 0 radical (unpaired) electrons. The zero-order chi connectivity index (χ0) is 19.3. The lowest BCUT2D eigenvalue weighted by Crippen LogP contribution is -2.41. The number of carbonyl (C=O) groups is 1. The number of nitrogens with zero attached hydrogens (tertiary/aromatic N) is 1. The highest BCUT2D eigenvalue weighted by Crippen LogP contribution is 2.30. The van der Waals surface area contributed by atoms with Gasteiger partial charge in [0.1, 0.15) is 23.5 Å². The Kier molecular flexibility index (Phi) is 5.43. The molecule has 28 heavy (non-hydrogen) atoms. The second-order valence-electron chi connectivity index (χ2n) is 6.35. The molecule has 1 N–H and O–H groups in total. The predicted octanol–water partition coefficient (Wildman–Crippen LogP) is 3.32. The summed E-state index contributed by atoms with van der Waals surface area (Å²) in [7, 11) is 1.64. The quantitative estimate of drug-likeness (QED) is 0.692. The molecule has 0 aliphatic carbocycles. The maximum absolute atomic E-state index is 12.3. The van der Waals surface area contributed by atoms with Crippen LogP contribution in [-0.4, -0.2) is 37.3 Å². The SMILES string of the molecule is COc1ccc(-c2nc(CC(=O)NCC3COc4ccccc4O3)cs2)cc1. The van der Waals surface area contributed by atoms with Gasteiger partial charge in [0.2, 0.25) is 5.91 Å². The highest BCUT2D eigenvalue weighted by Gasteiger charge is 2.21. The fraction of sp³-hybridized carbons (Fsp3) is 0.238. The number of para-hydroxylation sites is 2. The van der Waals surface area contributed by atoms with Gasteiger partial charge in [0.05, 0.1) is 25.8 Å². The summed E-state index contributed by atoms with van der Waals surface area (Å²) in [6.07, 6.45) is 0.0285. The normalized spacial score (nSPS) is 15.1. The second-order valence-corrected chi connectivity index (χ2v) is 7.21. The zero-order valence-electron chi connectivity index (χ0n) is 15.4. The summed E-state index contributed by atoms with van der Waals surface area (Å²) in [5.74, 6) is 2.15. The van der Waals surface area contributed by atoms with E-state index < -0.39 is 0 Å². The number of hydrogen-bond acceptors (Lipinski definition) is 6. The van der Waals surface area contributed by atoms with Crippen LogP contribution >= 0.6 is 11.3 Å². The van der Waals surface area contributed by atoms with Gasteiger partial charge in [-0.2, -0.15) is 0 Å². The van der Waals surface area contributed by atoms with Crippen molar-refractivity contribution in [2.24, 2.45) is 0 Å². The van der Waals surface area contributed by atoms with Gasteiger partial charge in [0, 0.05) is 10.9 Å². The third-order valence-electron chi connectivity index (χ3n) is 4.32. The van der Waals surface area contributed by atoms with E-state index in [1.54, 1.807) is 7.11 Å². The number of thiazole rings is 1. The van der Waals surface area contributed by atoms with Crippen molar-refractivity contribution in [3.05, 3.63) is 59.6 Å². The van der Waals surface area contributed by atoms with Crippen LogP contribution in [0.25, 0.3) is 10.6 Å². The fourth-order valence-corrected chi connectivity index (χ4v) is 3.70. The number of rotatable bonds is 6. The van der Waals surface area contributed by atoms with Gasteiger partial charge in [-0.05, 0) is 36.4 Å². The number of carbonyl (C=O) groups excluding carboxylic acids is 1. The van der Waals surface area contributed by atoms with Gasteiger partial charge in [-0.1, -0.05) is 12.1 Å². The summed E-state index contributed by atoms with van der Waals surface area (Å²) >= 11 is 1.52. The molecule has 1 amide bonds. The standard InChI is InChI=1S/C21H20N2O4S/c1-25-16-8-6-14(7-9-16)21-23-15(13-28-21)10-20(24)22-11-17-12-26-18-4-2-3-5-19(18)27-17/h2-9,13,17H,10-12H2,1H3,(H,22,24). The van der Waals surface area contributed by atoms with Crippen LogP contribution in [0.4, 0.5) is 0 Å². The number of methoxy groups -OCH3 is 1. The van der Waals surface area contributed by atoms with E-state index >= 15 is 0 Å². The number of fused-ring (bicyclic) bond motifs is 1. The van der Waals surface area contributed by atoms with E-state index in [-0.39, 0.29) is 18.4 Å². The minimum atomic E-state index is -0.204. The molecule has 1 aliphatic heterocycles. The Hall–Kier alpha value is -3.06. The van der Waals surface area contributed by atoms with Crippen LogP contribution in [0.15, 0.2) is 53.9 Å². The molecule has 7 heteroatoms. The summed E-state index contributed by atoms with van der Waals surface area (Å²) in [6.45, 7) is 0.804. The van der Waals surface area contributed by atoms with E-state index in [0.717, 1.165) is 27.8 Å². The highest BCUT2D eigenvalue weighted by atomic mass is 32.1. The van der Waals surface area contributed by atoms with Gasteiger partial charge in [0.15, 0.2) is 11.5 Å². The average molecular weight is 396 g/mol. The lowest BCUT2D eigenvalue weighted by molar-refractivity contribution is -0.121. The number of nitrogens with one attached hydrogen (secondary N) is 1. The Balaban J connectivity index is 1.29. The first kappa shape index (κ1) is 18.3. The molecule has 4 rings (SSSR count). The molecule has 2 aromatic carbocycles. The molecule has 0 saturated carbocycles. The average Bonchev–Trinajstić information content (AvgIpc) is 3.20. The molecule has 0 spiro atoms. The zero-order valence-corrected chi connectivity index (χ0v) is 16.2. The molecular weight excluding hydrogens is 376 g/mol. The molecule has 1 aromatic heterocycles. The molecule has 144 valence electrons. The van der Waals surface area contributed by atoms with Crippen molar-refractivity contribution in [1.29, 1.82) is 0 Å². The smallest absolute Gasteiger partial charge is 0.226 e. The molecule has 0 fully saturated rings. The van der Waals surface area contributed by atoms with Gasteiger partial charge in [-0.25, -0.2) is 4.98 Å². The van der Waals surface area contributed by atoms with E-state index in [2.05, 4.69) is 10.3 Å². The Morgan fingerprint density at radius 3 is 2.79 bits per heavy atom. The Morgan fingerprint density at radius 1 is 1.21 bits per heavy atom. The van der Waals surface area contributed by atoms with Crippen molar-refractivity contribution in [2.75, 3.05) is 20.3 Å². The molecule has 2 heterocycles. The highest BCUT2D eigenvalue weighted by molar-refractivity contribution is 7.13. The second kappa shape index (κ2) is 8.31. The summed E-state index contributed by atoms with van der Waals surface area (Å²) in [5, 5.41) is 5.69. The Morgan fingerprint density at radius 2 is 2.00 bits per heavy atom. The number of ether oxygens (including phenoxy) is 3. The minimum Gasteiger partial charge on any atom is -0.497 e. The predicted molar refractivity (Wildman–Crippen MR) is 107 cm³/mol. The van der Waals surface area contributed by atoms with Crippen LogP contribution in [0.3, 0.4) is 0 Å². The van der Waals surface area contributed by atoms with E-state index in [1.165, 1.54) is 11.3 Å². The molecule has 6 nitrogen and oxygen atoms in total. The first-order valence-electron chi connectivity index (χ1n) is 8.95. The third-order valence-corrected chi connectivity index (χ3v) is 5.26. The van der Waals surface area contributed by atoms with Crippen molar-refractivity contribution < 1.29 is 19.0 Å². The van der Waals surface area contributed by atoms with Crippen LogP contribution < -0.4 is 19.5 Å². The molecule has 1 aliphatic rings. The van der Waals surface area contributed by atoms with Crippen molar-refractivity contribution in [1.82, 2.24) is 10.3 Å². The topological polar surface area (TPSA) is 69.7 Å². The van der Waals surface area contributed by atoms with E-state index in [1.807, 2.05) is 53.9 Å². The summed E-state index contributed by atoms with van der Waals surface area (Å²) in [5.41, 5.74) is 1.75. The summed E-state index contributed by atoms with van der Waals surface area (Å²) in [4.78, 5) is 16.8. The minimum absolute atomic E-state index is 0.0889. The van der Waals surface area contributed by atoms with Crippen LogP contribution in [-0.2, 0) is 11.2 Å². The first-order chi connectivity index (χ1) is 13.7. The molecule has 1 unspecified atom stereocenters. The van der Waals surface area contributed by atoms with E-state index in [4.69, 9.17) is 14.2 Å². The maximum Gasteiger partial charge on any atom is 0.226 e. The fourth-order valence-electron chi connectivity index (χ4n) is 2.87. The van der Waals surface area contributed by atoms with Gasteiger partial charge in [-0.15, -0.1) is 11.3 Å². The van der Waals surface area contributed by atoms with E-state index in [9.17, 15) is 4.79 Å². The Labute approximate surface area is 167 Å². The lowest BCUT2D eigenvalue weighted by Gasteiger charge is -2.26. The van der Waals surface area contributed by atoms with Crippen molar-refractivity contribution in [2.45, 2.75) is 12.5 Å². The molecule has 3 aromatic rings. The van der Waals surface area contributed by atoms with Gasteiger partial charge in [0.25, 0.3) is 0 Å². The van der Waals surface area contributed by atoms with Crippen LogP contribution in [0.1, 0.15) is 5.69 Å². The van der Waals surface area contributed by atoms with Gasteiger partial charge < -0.3 is 19.5 Å². The molecule has 1 atom stereocenters. The van der Waals surface area contributed by atoms with Crippen molar-refractivity contribution >= 4 is 17.2 Å². The summed E-state index contributed by atoms with van der Waals surface area (Å²) in [6, 6.07) is 15.2. The largest absolute Gasteiger partial charge is 0.497 e. The first-order valence-corrected chi connectivity index (χ1v) is 9.83. The van der Waals surface area contributed by atoms with E-state index in [0.29, 0.717) is 18.9 Å². The monoisotopic (exact) mass is 396 g/mol. The van der Waals surface area contributed by atoms with Gasteiger partial charge >= 0.3 is 0 Å². The molecular formula is C21H20N2O4S. The molecule has 0 bridgehead atoms. The van der Waals surface area contributed by atoms with Crippen molar-refractivity contribution in [3.8, 4) is 27.8 Å². The molecule has 0 saturated heterocycles. The van der Waals surface area contributed by atoms with Crippen molar-refractivity contribution in [3.63, 3.8) is 0 Å². The summed E-state index contributed by atoms with van der Waals surface area (Å²) < 4.78 is 16.7.